The summed E-state index contributed by atoms with van der Waals surface area (Å²) in [5.41, 5.74) is 0. The molecule has 0 saturated carbocycles. The molecule has 0 atom stereocenters. The van der Waals surface area contributed by atoms with E-state index in [2.05, 4.69) is 15.9 Å². The van der Waals surface area contributed by atoms with E-state index in [4.69, 9.17) is 8.83 Å². The number of carbonyl (C=O) groups excluding carboxylic acids is 1. The van der Waals surface area contributed by atoms with Crippen LogP contribution in [0.5, 0.6) is 0 Å². The Labute approximate surface area is 88.8 Å². The molecule has 0 radical (unpaired) electrons. The molecule has 72 valence electrons. The van der Waals surface area contributed by atoms with E-state index >= 15 is 0 Å². The van der Waals surface area contributed by atoms with Gasteiger partial charge in [0.2, 0.25) is 5.78 Å². The lowest BCUT2D eigenvalue weighted by Crippen LogP contribution is -2.00. The zero-order valence-electron chi connectivity index (χ0n) is 7.20. The number of carbonyl (C=O) groups is 1. The summed E-state index contributed by atoms with van der Waals surface area (Å²) < 4.78 is 10.8. The Kier molecular flexibility index (Phi) is 2.54. The van der Waals surface area contributed by atoms with Crippen molar-refractivity contribution in [1.29, 1.82) is 0 Å². The van der Waals surface area contributed by atoms with Crippen molar-refractivity contribution in [2.24, 2.45) is 0 Å². The molecular weight excluding hydrogens is 248 g/mol. The zero-order valence-corrected chi connectivity index (χ0v) is 8.78. The average molecular weight is 255 g/mol. The topological polar surface area (TPSA) is 43.4 Å². The number of hydrogen-bond acceptors (Lipinski definition) is 3. The molecule has 0 aliphatic rings. The predicted octanol–water partition coefficient (Wildman–Crippen LogP) is 3.06. The fraction of sp³-hybridized carbons (Fsp3) is 0.100. The summed E-state index contributed by atoms with van der Waals surface area (Å²) in [6, 6.07) is 6.83. The lowest BCUT2D eigenvalue weighted by Gasteiger charge is -1.92. The first kappa shape index (κ1) is 9.27. The third-order valence-electron chi connectivity index (χ3n) is 1.76. The molecule has 0 aliphatic carbocycles. The Morgan fingerprint density at radius 3 is 2.79 bits per heavy atom. The van der Waals surface area contributed by atoms with Crippen LogP contribution in [0.1, 0.15) is 16.3 Å². The van der Waals surface area contributed by atoms with Crippen LogP contribution in [-0.4, -0.2) is 5.78 Å². The maximum absolute atomic E-state index is 11.5. The highest BCUT2D eigenvalue weighted by Crippen LogP contribution is 2.16. The second kappa shape index (κ2) is 3.84. The van der Waals surface area contributed by atoms with E-state index in [1.807, 2.05) is 0 Å². The summed E-state index contributed by atoms with van der Waals surface area (Å²) >= 11 is 3.17. The van der Waals surface area contributed by atoms with Crippen LogP contribution in [-0.2, 0) is 6.42 Å². The number of rotatable bonds is 3. The first-order chi connectivity index (χ1) is 6.75. The summed E-state index contributed by atoms with van der Waals surface area (Å²) in [6.45, 7) is 0. The van der Waals surface area contributed by atoms with E-state index in [1.165, 1.54) is 6.26 Å². The van der Waals surface area contributed by atoms with E-state index < -0.39 is 0 Å². The number of hydrogen-bond donors (Lipinski definition) is 0. The van der Waals surface area contributed by atoms with Gasteiger partial charge >= 0.3 is 0 Å². The highest BCUT2D eigenvalue weighted by molar-refractivity contribution is 9.10. The molecule has 0 bridgehead atoms. The van der Waals surface area contributed by atoms with Crippen LogP contribution in [0.3, 0.4) is 0 Å². The van der Waals surface area contributed by atoms with E-state index in [-0.39, 0.29) is 12.2 Å². The Morgan fingerprint density at radius 1 is 1.36 bits per heavy atom. The van der Waals surface area contributed by atoms with Gasteiger partial charge in [-0.05, 0) is 40.2 Å². The van der Waals surface area contributed by atoms with Crippen LogP contribution < -0.4 is 0 Å². The molecule has 3 nitrogen and oxygen atoms in total. The van der Waals surface area contributed by atoms with Crippen molar-refractivity contribution >= 4 is 21.7 Å². The molecule has 0 aromatic carbocycles. The summed E-state index contributed by atoms with van der Waals surface area (Å²) in [4.78, 5) is 11.5. The second-order valence-electron chi connectivity index (χ2n) is 2.78. The molecule has 0 spiro atoms. The highest BCUT2D eigenvalue weighted by atomic mass is 79.9. The van der Waals surface area contributed by atoms with Crippen molar-refractivity contribution < 1.29 is 13.6 Å². The standard InChI is InChI=1S/C10H7BrO3/c11-10-4-3-7(14-10)6-8(12)9-2-1-5-13-9/h1-5H,6H2. The number of halogens is 1. The Bertz CT molecular complexity index is 428. The van der Waals surface area contributed by atoms with Gasteiger partial charge in [-0.2, -0.15) is 0 Å². The Hall–Kier alpha value is -1.29. The van der Waals surface area contributed by atoms with Crippen molar-refractivity contribution in [1.82, 2.24) is 0 Å². The number of furan rings is 2. The van der Waals surface area contributed by atoms with Gasteiger partial charge in [-0.25, -0.2) is 0 Å². The second-order valence-corrected chi connectivity index (χ2v) is 3.56. The molecular formula is C10H7BrO3. The van der Waals surface area contributed by atoms with Gasteiger partial charge in [-0.3, -0.25) is 4.79 Å². The van der Waals surface area contributed by atoms with Crippen molar-refractivity contribution in [2.45, 2.75) is 6.42 Å². The molecule has 0 aliphatic heterocycles. The van der Waals surface area contributed by atoms with E-state index in [0.29, 0.717) is 16.2 Å². The minimum atomic E-state index is -0.0862. The van der Waals surface area contributed by atoms with Gasteiger partial charge in [-0.1, -0.05) is 0 Å². The molecule has 14 heavy (non-hydrogen) atoms. The van der Waals surface area contributed by atoms with Gasteiger partial charge < -0.3 is 8.83 Å². The third-order valence-corrected chi connectivity index (χ3v) is 2.19. The van der Waals surface area contributed by atoms with E-state index in [9.17, 15) is 4.79 Å². The van der Waals surface area contributed by atoms with Gasteiger partial charge in [0.15, 0.2) is 10.4 Å². The van der Waals surface area contributed by atoms with Crippen molar-refractivity contribution in [3.63, 3.8) is 0 Å². The predicted molar refractivity (Wildman–Crippen MR) is 53.2 cm³/mol. The molecule has 0 amide bonds. The van der Waals surface area contributed by atoms with Gasteiger partial charge in [0.1, 0.15) is 5.76 Å². The van der Waals surface area contributed by atoms with Crippen molar-refractivity contribution in [3.8, 4) is 0 Å². The average Bonchev–Trinajstić information content (AvgIpc) is 2.75. The summed E-state index contributed by atoms with van der Waals surface area (Å²) in [7, 11) is 0. The fourth-order valence-corrected chi connectivity index (χ4v) is 1.47. The summed E-state index contributed by atoms with van der Waals surface area (Å²) in [6.07, 6.45) is 1.70. The largest absolute Gasteiger partial charge is 0.461 e. The molecule has 0 fully saturated rings. The fourth-order valence-electron chi connectivity index (χ4n) is 1.13. The monoisotopic (exact) mass is 254 g/mol. The van der Waals surface area contributed by atoms with Crippen molar-refractivity contribution in [3.05, 3.63) is 46.7 Å². The Morgan fingerprint density at radius 2 is 2.21 bits per heavy atom. The molecule has 4 heteroatoms. The normalized spacial score (nSPS) is 10.4. The van der Waals surface area contributed by atoms with Crippen LogP contribution in [0, 0.1) is 0 Å². The SMILES string of the molecule is O=C(Cc1ccc(Br)o1)c1ccco1. The lowest BCUT2D eigenvalue weighted by molar-refractivity contribution is 0.0960. The lowest BCUT2D eigenvalue weighted by atomic mass is 10.2. The van der Waals surface area contributed by atoms with Crippen LogP contribution in [0.25, 0.3) is 0 Å². The van der Waals surface area contributed by atoms with E-state index in [0.717, 1.165) is 0 Å². The van der Waals surface area contributed by atoms with Gasteiger partial charge in [0.05, 0.1) is 12.7 Å². The van der Waals surface area contributed by atoms with Crippen LogP contribution in [0.2, 0.25) is 0 Å². The first-order valence-electron chi connectivity index (χ1n) is 4.06. The quantitative estimate of drug-likeness (QED) is 0.791. The summed E-state index contributed by atoms with van der Waals surface area (Å²) in [5.74, 6) is 0.896. The maximum Gasteiger partial charge on any atom is 0.205 e. The minimum absolute atomic E-state index is 0.0862. The number of ketones is 1. The molecule has 2 aromatic heterocycles. The van der Waals surface area contributed by atoms with Gasteiger partial charge in [-0.15, -0.1) is 0 Å². The Balaban J connectivity index is 2.09. The number of Topliss-reactive ketones (excluding diaryl/α,β-unsaturated/α-hetero) is 1. The minimum Gasteiger partial charge on any atom is -0.461 e. The van der Waals surface area contributed by atoms with Gasteiger partial charge in [0, 0.05) is 0 Å². The molecule has 0 saturated heterocycles. The molecule has 2 aromatic rings. The van der Waals surface area contributed by atoms with Crippen molar-refractivity contribution in [2.75, 3.05) is 0 Å². The first-order valence-corrected chi connectivity index (χ1v) is 4.86. The smallest absolute Gasteiger partial charge is 0.205 e. The maximum atomic E-state index is 11.5. The summed E-state index contributed by atoms with van der Waals surface area (Å²) in [5, 5.41) is 0. The highest BCUT2D eigenvalue weighted by Gasteiger charge is 2.11. The van der Waals surface area contributed by atoms with E-state index in [1.54, 1.807) is 24.3 Å². The van der Waals surface area contributed by atoms with Crippen LogP contribution >= 0.6 is 15.9 Å². The van der Waals surface area contributed by atoms with Gasteiger partial charge in [0.25, 0.3) is 0 Å². The van der Waals surface area contributed by atoms with Crippen LogP contribution in [0.4, 0.5) is 0 Å². The molecule has 0 unspecified atom stereocenters. The third kappa shape index (κ3) is 1.96. The molecule has 2 heterocycles. The molecule has 0 N–H and O–H groups in total. The van der Waals surface area contributed by atoms with Crippen LogP contribution in [0.15, 0.2) is 44.0 Å². The zero-order chi connectivity index (χ0) is 9.97. The molecule has 2 rings (SSSR count).